The van der Waals surface area contributed by atoms with Crippen molar-refractivity contribution in [2.75, 3.05) is 31.1 Å². The van der Waals surface area contributed by atoms with E-state index in [-0.39, 0.29) is 24.7 Å². The number of benzene rings is 1. The molecule has 2 aliphatic rings. The number of carbonyl (C=O) groups is 2. The third kappa shape index (κ3) is 7.35. The van der Waals surface area contributed by atoms with E-state index in [0.717, 1.165) is 31.9 Å². The van der Waals surface area contributed by atoms with Gasteiger partial charge in [-0.05, 0) is 70.7 Å². The summed E-state index contributed by atoms with van der Waals surface area (Å²) >= 11 is 0. The summed E-state index contributed by atoms with van der Waals surface area (Å²) < 4.78 is 49.2. The Bertz CT molecular complexity index is 944. The molecule has 1 saturated carbocycles. The van der Waals surface area contributed by atoms with E-state index < -0.39 is 35.7 Å². The second-order valence-electron chi connectivity index (χ2n) is 10.5. The number of nitrogens with one attached hydrogen (secondary N) is 1. The molecule has 2 fully saturated rings. The number of alkyl halides is 3. The number of nitrogens with zero attached hydrogens (tertiary/aromatic N) is 2. The number of amidine groups is 1. The smallest absolute Gasteiger partial charge is 0.460 e. The van der Waals surface area contributed by atoms with Gasteiger partial charge in [-0.2, -0.15) is 13.2 Å². The quantitative estimate of drug-likeness (QED) is 0.341. The summed E-state index contributed by atoms with van der Waals surface area (Å²) in [6.45, 7) is 8.14. The summed E-state index contributed by atoms with van der Waals surface area (Å²) in [6.07, 6.45) is -4.18. The zero-order valence-corrected chi connectivity index (χ0v) is 21.0. The molecule has 0 aromatic heterocycles. The van der Waals surface area contributed by atoms with Crippen molar-refractivity contribution in [2.24, 2.45) is 5.73 Å². The number of ether oxygens (including phenoxy) is 2. The Morgan fingerprint density at radius 3 is 2.08 bits per heavy atom. The van der Waals surface area contributed by atoms with Crippen LogP contribution >= 0.6 is 0 Å². The fraction of sp³-hybridized carbons (Fsp3) is 0.640. The zero-order valence-electron chi connectivity index (χ0n) is 21.0. The molecule has 1 aromatic carbocycles. The van der Waals surface area contributed by atoms with Crippen molar-refractivity contribution in [1.29, 1.82) is 5.41 Å². The first kappa shape index (κ1) is 27.8. The van der Waals surface area contributed by atoms with Gasteiger partial charge in [0.05, 0.1) is 6.42 Å². The number of rotatable bonds is 6. The predicted molar refractivity (Wildman–Crippen MR) is 129 cm³/mol. The molecule has 0 amide bonds. The highest BCUT2D eigenvalue weighted by Crippen LogP contribution is 2.39. The van der Waals surface area contributed by atoms with Crippen LogP contribution in [0.25, 0.3) is 0 Å². The molecule has 1 heterocycles. The Morgan fingerprint density at radius 2 is 1.61 bits per heavy atom. The Hall–Kier alpha value is -2.82. The molecule has 11 heteroatoms. The maximum Gasteiger partial charge on any atom is 0.490 e. The van der Waals surface area contributed by atoms with Crippen molar-refractivity contribution in [2.45, 2.75) is 76.3 Å². The lowest BCUT2D eigenvalue weighted by atomic mass is 9.79. The van der Waals surface area contributed by atoms with Crippen molar-refractivity contribution in [3.63, 3.8) is 0 Å². The molecule has 0 radical (unpaired) electrons. The van der Waals surface area contributed by atoms with Gasteiger partial charge >= 0.3 is 18.1 Å². The number of hydrogen-bond acceptors (Lipinski definition) is 7. The van der Waals surface area contributed by atoms with Crippen LogP contribution in [0.5, 0.6) is 0 Å². The van der Waals surface area contributed by atoms with E-state index in [9.17, 15) is 22.8 Å². The Balaban J connectivity index is 1.60. The summed E-state index contributed by atoms with van der Waals surface area (Å²) in [4.78, 5) is 28.7. The number of nitrogens with two attached hydrogens (primary N) is 1. The summed E-state index contributed by atoms with van der Waals surface area (Å²) in [7, 11) is 0. The molecule has 0 spiro atoms. The number of carbonyl (C=O) groups excluding carboxylic acids is 2. The minimum atomic E-state index is -5.13. The highest BCUT2D eigenvalue weighted by molar-refractivity contribution is 5.95. The summed E-state index contributed by atoms with van der Waals surface area (Å²) in [5, 5.41) is 7.51. The normalized spacial score (nSPS) is 23.7. The van der Waals surface area contributed by atoms with E-state index in [0.29, 0.717) is 18.4 Å². The SMILES string of the molecule is CC(C)(C)OC(=O)C[C@]1(OC(=O)C(F)(F)F)CC[C@H](N2CCN(c3ccc(C(=N)N)cc3)CC2)CC1. The molecule has 3 rings (SSSR count). The molecule has 1 aliphatic carbocycles. The molecule has 1 aliphatic heterocycles. The molecule has 3 N–H and O–H groups in total. The van der Waals surface area contributed by atoms with Gasteiger partial charge in [0.1, 0.15) is 17.0 Å². The number of piperazine rings is 1. The number of halogens is 3. The fourth-order valence-corrected chi connectivity index (χ4v) is 4.90. The Kier molecular flexibility index (Phi) is 8.22. The molecule has 0 unspecified atom stereocenters. The molecule has 200 valence electrons. The summed E-state index contributed by atoms with van der Waals surface area (Å²) in [5.74, 6) is -2.93. The number of anilines is 1. The van der Waals surface area contributed by atoms with Gasteiger partial charge in [0, 0.05) is 43.5 Å². The summed E-state index contributed by atoms with van der Waals surface area (Å²) in [6, 6.07) is 7.64. The first-order valence-electron chi connectivity index (χ1n) is 12.1. The van der Waals surface area contributed by atoms with Gasteiger partial charge in [-0.1, -0.05) is 0 Å². The molecule has 1 saturated heterocycles. The maximum atomic E-state index is 13.0. The second kappa shape index (κ2) is 10.7. The highest BCUT2D eigenvalue weighted by Gasteiger charge is 2.49. The van der Waals surface area contributed by atoms with Crippen LogP contribution in [0.3, 0.4) is 0 Å². The minimum absolute atomic E-state index is 0.0207. The van der Waals surface area contributed by atoms with E-state index in [4.69, 9.17) is 20.6 Å². The lowest BCUT2D eigenvalue weighted by Gasteiger charge is -2.45. The van der Waals surface area contributed by atoms with Crippen LogP contribution in [0.15, 0.2) is 24.3 Å². The molecule has 0 bridgehead atoms. The Morgan fingerprint density at radius 1 is 1.06 bits per heavy atom. The molecule has 36 heavy (non-hydrogen) atoms. The molecule has 0 atom stereocenters. The number of nitrogen functional groups attached to an aromatic ring is 1. The fourth-order valence-electron chi connectivity index (χ4n) is 4.90. The van der Waals surface area contributed by atoms with E-state index in [1.807, 2.05) is 24.3 Å². The van der Waals surface area contributed by atoms with Gasteiger partial charge in [0.15, 0.2) is 0 Å². The Labute approximate surface area is 209 Å². The summed E-state index contributed by atoms with van der Waals surface area (Å²) in [5.41, 5.74) is 4.91. The van der Waals surface area contributed by atoms with E-state index >= 15 is 0 Å². The maximum absolute atomic E-state index is 13.0. The van der Waals surface area contributed by atoms with E-state index in [1.165, 1.54) is 0 Å². The van der Waals surface area contributed by atoms with Crippen molar-refractivity contribution >= 4 is 23.5 Å². The molecule has 1 aromatic rings. The van der Waals surface area contributed by atoms with E-state index in [2.05, 4.69) is 9.80 Å². The van der Waals surface area contributed by atoms with Crippen LogP contribution in [0, 0.1) is 5.41 Å². The van der Waals surface area contributed by atoms with Gasteiger partial charge in [0.25, 0.3) is 0 Å². The van der Waals surface area contributed by atoms with Gasteiger partial charge < -0.3 is 20.1 Å². The first-order valence-corrected chi connectivity index (χ1v) is 12.1. The largest absolute Gasteiger partial charge is 0.490 e. The topological polar surface area (TPSA) is 109 Å². The van der Waals surface area contributed by atoms with E-state index in [1.54, 1.807) is 20.8 Å². The van der Waals surface area contributed by atoms with Crippen molar-refractivity contribution < 1.29 is 32.2 Å². The van der Waals surface area contributed by atoms with Crippen LogP contribution in [0.1, 0.15) is 58.4 Å². The monoisotopic (exact) mass is 512 g/mol. The average Bonchev–Trinajstić information content (AvgIpc) is 2.78. The lowest BCUT2D eigenvalue weighted by molar-refractivity contribution is -0.219. The van der Waals surface area contributed by atoms with Crippen molar-refractivity contribution in [3.05, 3.63) is 29.8 Å². The first-order chi connectivity index (χ1) is 16.7. The second-order valence-corrected chi connectivity index (χ2v) is 10.5. The van der Waals surface area contributed by atoms with Gasteiger partial charge in [0.2, 0.25) is 0 Å². The minimum Gasteiger partial charge on any atom is -0.460 e. The van der Waals surface area contributed by atoms with Gasteiger partial charge in [-0.25, -0.2) is 4.79 Å². The van der Waals surface area contributed by atoms with Crippen LogP contribution < -0.4 is 10.6 Å². The highest BCUT2D eigenvalue weighted by atomic mass is 19.4. The van der Waals surface area contributed by atoms with Crippen LogP contribution in [-0.4, -0.2) is 72.3 Å². The molecular weight excluding hydrogens is 477 g/mol. The zero-order chi connectivity index (χ0) is 26.7. The van der Waals surface area contributed by atoms with Crippen molar-refractivity contribution in [1.82, 2.24) is 4.90 Å². The third-order valence-corrected chi connectivity index (χ3v) is 6.67. The molecular formula is C25H35F3N4O4. The van der Waals surface area contributed by atoms with Gasteiger partial charge in [-0.15, -0.1) is 0 Å². The van der Waals surface area contributed by atoms with Crippen molar-refractivity contribution in [3.8, 4) is 0 Å². The van der Waals surface area contributed by atoms with Gasteiger partial charge in [-0.3, -0.25) is 15.1 Å². The van der Waals surface area contributed by atoms with Crippen LogP contribution in [0.4, 0.5) is 18.9 Å². The lowest BCUT2D eigenvalue weighted by Crippen LogP contribution is -2.54. The molecule has 8 nitrogen and oxygen atoms in total. The number of hydrogen-bond donors (Lipinski definition) is 2. The average molecular weight is 513 g/mol. The third-order valence-electron chi connectivity index (χ3n) is 6.67. The number of esters is 2. The standard InChI is InChI=1S/C25H35F3N4O4/c1-23(2,3)35-20(33)16-24(36-22(34)25(26,27)28)10-8-19(9-11-24)32-14-12-31(13-15-32)18-6-4-17(5-7-18)21(29)30/h4-7,19H,8-16H2,1-3H3,(H3,29,30)/t19-,24-. The van der Waals surface area contributed by atoms with Crippen LogP contribution in [0.2, 0.25) is 0 Å². The van der Waals surface area contributed by atoms with Crippen LogP contribution in [-0.2, 0) is 19.1 Å². The predicted octanol–water partition coefficient (Wildman–Crippen LogP) is 3.61.